The number of allylic oxidation sites excluding steroid dienone is 1. The van der Waals surface area contributed by atoms with Gasteiger partial charge in [0.25, 0.3) is 5.88 Å². The first kappa shape index (κ1) is 30.8. The van der Waals surface area contributed by atoms with Crippen LogP contribution in [0.3, 0.4) is 0 Å². The minimum atomic E-state index is -1.27. The molecule has 0 amide bonds. The quantitative estimate of drug-likeness (QED) is 0.172. The van der Waals surface area contributed by atoms with Crippen molar-refractivity contribution in [3.63, 3.8) is 0 Å². The second-order valence-electron chi connectivity index (χ2n) is 13.7. The highest BCUT2D eigenvalue weighted by Crippen LogP contribution is 2.63. The van der Waals surface area contributed by atoms with Gasteiger partial charge in [0.1, 0.15) is 30.3 Å². The molecule has 0 bridgehead atoms. The molecule has 9 rings (SSSR count). The summed E-state index contributed by atoms with van der Waals surface area (Å²) < 4.78 is 41.5. The predicted octanol–water partition coefficient (Wildman–Crippen LogP) is 7.56. The average molecular weight is 726 g/mol. The Morgan fingerprint density at radius 2 is 1.61 bits per heavy atom. The molecule has 49 heavy (non-hydrogen) atoms. The van der Waals surface area contributed by atoms with Crippen LogP contribution in [0.4, 0.5) is 4.39 Å². The zero-order chi connectivity index (χ0) is 33.3. The number of piperidine rings is 1. The zero-order valence-electron chi connectivity index (χ0n) is 26.8. The van der Waals surface area contributed by atoms with Crippen LogP contribution >= 0.6 is 15.9 Å². The highest BCUT2D eigenvalue weighted by atomic mass is 79.9. The van der Waals surface area contributed by atoms with Gasteiger partial charge < -0.3 is 18.7 Å². The second-order valence-corrected chi connectivity index (χ2v) is 14.5. The van der Waals surface area contributed by atoms with E-state index in [-0.39, 0.29) is 59.4 Å². The van der Waals surface area contributed by atoms with Gasteiger partial charge in [0, 0.05) is 35.6 Å². The Bertz CT molecular complexity index is 2020. The Morgan fingerprint density at radius 3 is 2.33 bits per heavy atom. The molecule has 2 saturated heterocycles. The van der Waals surface area contributed by atoms with E-state index in [2.05, 4.69) is 26.0 Å². The second kappa shape index (κ2) is 11.9. The van der Waals surface area contributed by atoms with E-state index in [0.717, 1.165) is 37.1 Å². The molecule has 4 aromatic rings. The van der Waals surface area contributed by atoms with E-state index in [1.165, 1.54) is 6.42 Å². The SMILES string of the molecule is O=C1C2=C3O[C@]34C(=O)c3c(OCc5ccccc5)noc3C[C@@H]4CC2Cc2c(F)c(CN3CCCCC3)c(Br)c(OCc3ccccc3)c21. The molecular formula is C39H34BrFN2O6. The van der Waals surface area contributed by atoms with Gasteiger partial charge in [-0.3, -0.25) is 14.5 Å². The number of hydrogen-bond donors (Lipinski definition) is 0. The first-order chi connectivity index (χ1) is 23.9. The molecule has 0 N–H and O–H groups in total. The van der Waals surface area contributed by atoms with Crippen LogP contribution in [-0.4, -0.2) is 40.3 Å². The molecule has 8 nitrogen and oxygen atoms in total. The smallest absolute Gasteiger partial charge is 0.265 e. The van der Waals surface area contributed by atoms with E-state index < -0.39 is 5.60 Å². The van der Waals surface area contributed by atoms with Crippen LogP contribution in [0.15, 0.2) is 81.0 Å². The van der Waals surface area contributed by atoms with Crippen molar-refractivity contribution in [2.45, 2.75) is 63.9 Å². The minimum Gasteiger partial charge on any atom is -0.487 e. The van der Waals surface area contributed by atoms with Crippen molar-refractivity contribution in [3.05, 3.63) is 121 Å². The van der Waals surface area contributed by atoms with E-state index in [1.807, 2.05) is 60.7 Å². The molecule has 0 saturated carbocycles. The average Bonchev–Trinajstić information content (AvgIpc) is 3.76. The number of fused-ring (bicyclic) bond motifs is 3. The van der Waals surface area contributed by atoms with Crippen LogP contribution in [0, 0.1) is 17.7 Å². The van der Waals surface area contributed by atoms with Crippen LogP contribution in [0.25, 0.3) is 0 Å². The molecule has 10 heteroatoms. The minimum absolute atomic E-state index is 0.128. The summed E-state index contributed by atoms with van der Waals surface area (Å²) in [5.41, 5.74) is 2.42. The Kier molecular flexibility index (Phi) is 7.50. The lowest BCUT2D eigenvalue weighted by atomic mass is 9.63. The van der Waals surface area contributed by atoms with E-state index in [4.69, 9.17) is 18.7 Å². The molecule has 1 spiro atoms. The third-order valence-electron chi connectivity index (χ3n) is 10.8. The molecule has 0 radical (unpaired) electrons. The van der Waals surface area contributed by atoms with Gasteiger partial charge >= 0.3 is 0 Å². The summed E-state index contributed by atoms with van der Waals surface area (Å²) in [6.07, 6.45) is 4.53. The van der Waals surface area contributed by atoms with Crippen molar-refractivity contribution < 1.29 is 32.7 Å². The molecule has 1 aromatic heterocycles. The van der Waals surface area contributed by atoms with Gasteiger partial charge in [-0.05, 0) is 76.9 Å². The standard InChI is InChI=1S/C39H34BrFN2O6/c40-32-27(19-43-14-8-3-9-15-43)33(41)26-17-24-16-25-18-28-31(38(42-49-28)47-21-23-12-6-2-7-13-23)36(45)39(25)37(48-39)29(24)34(44)30(26)35(32)46-20-22-10-4-1-5-11-22/h1-2,4-7,10-13,24-25H,3,8-9,14-21H2/t24?,25-,39+/m0/s1. The fraction of sp³-hybridized carbons (Fsp3) is 0.359. The highest BCUT2D eigenvalue weighted by Gasteiger charge is 2.72. The number of ether oxygens (including phenoxy) is 3. The van der Waals surface area contributed by atoms with Crippen molar-refractivity contribution in [2.75, 3.05) is 13.1 Å². The number of hydrogen-bond acceptors (Lipinski definition) is 8. The van der Waals surface area contributed by atoms with Gasteiger partial charge in [0.15, 0.2) is 17.3 Å². The molecule has 2 fully saturated rings. The fourth-order valence-corrected chi connectivity index (χ4v) is 8.95. The highest BCUT2D eigenvalue weighted by molar-refractivity contribution is 9.10. The maximum absolute atomic E-state index is 16.7. The van der Waals surface area contributed by atoms with Crippen LogP contribution < -0.4 is 9.47 Å². The van der Waals surface area contributed by atoms with Crippen molar-refractivity contribution in [1.29, 1.82) is 0 Å². The summed E-state index contributed by atoms with van der Waals surface area (Å²) in [4.78, 5) is 31.2. The predicted molar refractivity (Wildman–Crippen MR) is 180 cm³/mol. The number of benzene rings is 3. The normalized spacial score (nSPS) is 23.9. The monoisotopic (exact) mass is 724 g/mol. The van der Waals surface area contributed by atoms with Crippen LogP contribution in [0.1, 0.15) is 74.4 Å². The van der Waals surface area contributed by atoms with Crippen LogP contribution in [0.2, 0.25) is 0 Å². The summed E-state index contributed by atoms with van der Waals surface area (Å²) in [6.45, 7) is 2.67. The Labute approximate surface area is 291 Å². The number of epoxide rings is 1. The molecule has 3 aliphatic carbocycles. The first-order valence-corrected chi connectivity index (χ1v) is 17.8. The molecule has 5 aliphatic rings. The number of likely N-dealkylation sites (tertiary alicyclic amines) is 1. The molecule has 1 unspecified atom stereocenters. The van der Waals surface area contributed by atoms with Gasteiger partial charge in [0.2, 0.25) is 11.4 Å². The van der Waals surface area contributed by atoms with Crippen molar-refractivity contribution in [1.82, 2.24) is 10.1 Å². The summed E-state index contributed by atoms with van der Waals surface area (Å²) in [5.74, 6) is -0.249. The lowest BCUT2D eigenvalue weighted by molar-refractivity contribution is 0.0734. The summed E-state index contributed by atoms with van der Waals surface area (Å²) in [6, 6.07) is 19.3. The van der Waals surface area contributed by atoms with Crippen LogP contribution in [-0.2, 0) is 37.3 Å². The fourth-order valence-electron chi connectivity index (χ4n) is 8.34. The third kappa shape index (κ3) is 4.97. The number of halogens is 2. The molecule has 2 aliphatic heterocycles. The maximum atomic E-state index is 16.7. The van der Waals surface area contributed by atoms with E-state index in [1.54, 1.807) is 0 Å². The number of aromatic nitrogens is 1. The molecular weight excluding hydrogens is 691 g/mol. The van der Waals surface area contributed by atoms with E-state index in [9.17, 15) is 9.59 Å². The number of carbonyl (C=O) groups excluding carboxylic acids is 2. The lowest BCUT2D eigenvalue weighted by Gasteiger charge is -2.36. The number of nitrogens with zero attached hydrogens (tertiary/aromatic N) is 2. The Hall–Kier alpha value is -4.28. The van der Waals surface area contributed by atoms with E-state index >= 15 is 4.39 Å². The molecule has 3 heterocycles. The topological polar surface area (TPSA) is 94.4 Å². The van der Waals surface area contributed by atoms with Crippen molar-refractivity contribution >= 4 is 27.5 Å². The van der Waals surface area contributed by atoms with Gasteiger partial charge in [-0.2, -0.15) is 0 Å². The molecule has 3 atom stereocenters. The van der Waals surface area contributed by atoms with Gasteiger partial charge in [0.05, 0.1) is 10.0 Å². The number of carbonyl (C=O) groups is 2. The summed E-state index contributed by atoms with van der Waals surface area (Å²) in [7, 11) is 0. The van der Waals surface area contributed by atoms with Crippen molar-refractivity contribution in [2.24, 2.45) is 11.8 Å². The van der Waals surface area contributed by atoms with Gasteiger partial charge in [-0.1, -0.05) is 67.1 Å². The maximum Gasteiger partial charge on any atom is 0.265 e. The summed E-state index contributed by atoms with van der Waals surface area (Å²) >= 11 is 3.69. The van der Waals surface area contributed by atoms with E-state index in [0.29, 0.717) is 64.2 Å². The first-order valence-electron chi connectivity index (χ1n) is 17.0. The Morgan fingerprint density at radius 1 is 0.918 bits per heavy atom. The number of ketones is 2. The molecule has 250 valence electrons. The van der Waals surface area contributed by atoms with Gasteiger partial charge in [-0.15, -0.1) is 0 Å². The largest absolute Gasteiger partial charge is 0.487 e. The Balaban J connectivity index is 1.08. The third-order valence-corrected chi connectivity index (χ3v) is 11.6. The number of Topliss-reactive ketones (excluding diaryl/α,β-unsaturated/α-hetero) is 2. The van der Waals surface area contributed by atoms with Crippen LogP contribution in [0.5, 0.6) is 11.6 Å². The lowest BCUT2D eigenvalue weighted by Crippen LogP contribution is -2.44. The summed E-state index contributed by atoms with van der Waals surface area (Å²) in [5, 5.41) is 4.11. The number of rotatable bonds is 8. The zero-order valence-corrected chi connectivity index (χ0v) is 28.4. The van der Waals surface area contributed by atoms with Gasteiger partial charge in [-0.25, -0.2) is 4.39 Å². The molecule has 3 aromatic carbocycles. The van der Waals surface area contributed by atoms with Crippen molar-refractivity contribution in [3.8, 4) is 11.6 Å².